The van der Waals surface area contributed by atoms with Crippen LogP contribution in [0.2, 0.25) is 0 Å². The van der Waals surface area contributed by atoms with Crippen molar-refractivity contribution >= 4 is 28.8 Å². The third-order valence-electron chi connectivity index (χ3n) is 8.21. The van der Waals surface area contributed by atoms with Gasteiger partial charge in [0, 0.05) is 55.2 Å². The molecular formula is C28H33N5O. The van der Waals surface area contributed by atoms with Crippen LogP contribution in [0.15, 0.2) is 30.6 Å². The number of rotatable bonds is 3. The van der Waals surface area contributed by atoms with Crippen molar-refractivity contribution in [2.75, 3.05) is 31.6 Å². The number of Topliss-reactive ketones (excluding diaryl/α,β-unsaturated/α-hetero) is 1. The van der Waals surface area contributed by atoms with E-state index < -0.39 is 0 Å². The molecule has 34 heavy (non-hydrogen) atoms. The van der Waals surface area contributed by atoms with Crippen molar-refractivity contribution < 1.29 is 4.79 Å². The molecule has 6 nitrogen and oxygen atoms in total. The number of aryl methyl sites for hydroxylation is 2. The quantitative estimate of drug-likeness (QED) is 0.582. The van der Waals surface area contributed by atoms with E-state index in [-0.39, 0.29) is 11.8 Å². The van der Waals surface area contributed by atoms with Crippen molar-refractivity contribution in [3.63, 3.8) is 0 Å². The number of ketones is 1. The van der Waals surface area contributed by atoms with E-state index in [1.54, 1.807) is 0 Å². The number of benzene rings is 1. The van der Waals surface area contributed by atoms with Crippen LogP contribution >= 0.6 is 0 Å². The Bertz CT molecular complexity index is 1320. The second-order valence-electron chi connectivity index (χ2n) is 10.3. The maximum Gasteiger partial charge on any atom is 0.167 e. The molecule has 176 valence electrons. The Hall–Kier alpha value is -2.99. The predicted molar refractivity (Wildman–Crippen MR) is 136 cm³/mol. The summed E-state index contributed by atoms with van der Waals surface area (Å²) in [4.78, 5) is 28.2. The van der Waals surface area contributed by atoms with Crippen LogP contribution in [0, 0.1) is 18.8 Å². The number of imidazole rings is 1. The van der Waals surface area contributed by atoms with Gasteiger partial charge in [-0.3, -0.25) is 9.78 Å². The molecule has 1 saturated heterocycles. The highest BCUT2D eigenvalue weighted by atomic mass is 16.1. The zero-order valence-electron chi connectivity index (χ0n) is 20.6. The number of allylic oxidation sites excluding steroid dienone is 1. The predicted octanol–water partition coefficient (Wildman–Crippen LogP) is 4.50. The molecule has 2 aromatic heterocycles. The number of fused-ring (bicyclic) bond motifs is 3. The molecule has 0 spiro atoms. The summed E-state index contributed by atoms with van der Waals surface area (Å²) in [5.74, 6) is 0.609. The Kier molecular flexibility index (Phi) is 5.10. The van der Waals surface area contributed by atoms with Gasteiger partial charge in [0.2, 0.25) is 0 Å². The van der Waals surface area contributed by atoms with Gasteiger partial charge in [-0.15, -0.1) is 0 Å². The molecule has 2 unspecified atom stereocenters. The summed E-state index contributed by atoms with van der Waals surface area (Å²) in [6, 6.07) is 7.00. The van der Waals surface area contributed by atoms with Gasteiger partial charge in [-0.2, -0.15) is 0 Å². The summed E-state index contributed by atoms with van der Waals surface area (Å²) in [5, 5.41) is 0. The fourth-order valence-electron chi connectivity index (χ4n) is 5.86. The summed E-state index contributed by atoms with van der Waals surface area (Å²) in [6.45, 7) is 9.45. The molecule has 0 amide bonds. The van der Waals surface area contributed by atoms with Gasteiger partial charge < -0.3 is 14.2 Å². The third kappa shape index (κ3) is 3.38. The second kappa shape index (κ2) is 8.05. The lowest BCUT2D eigenvalue weighted by molar-refractivity contribution is 0.0804. The first-order valence-corrected chi connectivity index (χ1v) is 12.6. The van der Waals surface area contributed by atoms with Gasteiger partial charge in [-0.05, 0) is 75.4 Å². The van der Waals surface area contributed by atoms with Crippen molar-refractivity contribution in [3.05, 3.63) is 58.8 Å². The number of carbonyl (C=O) groups excluding carboxylic acids is 1. The molecule has 1 aromatic carbocycles. The Morgan fingerprint density at radius 2 is 1.91 bits per heavy atom. The van der Waals surface area contributed by atoms with Crippen molar-refractivity contribution in [1.29, 1.82) is 0 Å². The Balaban J connectivity index is 1.42. The van der Waals surface area contributed by atoms with E-state index >= 15 is 0 Å². The fraction of sp³-hybridized carbons (Fsp3) is 0.464. The van der Waals surface area contributed by atoms with Gasteiger partial charge in [-0.1, -0.05) is 13.0 Å². The minimum atomic E-state index is 0.0597. The van der Waals surface area contributed by atoms with E-state index in [2.05, 4.69) is 65.6 Å². The average Bonchev–Trinajstić information content (AvgIpc) is 3.20. The molecule has 1 saturated carbocycles. The van der Waals surface area contributed by atoms with Crippen LogP contribution in [-0.2, 0) is 6.42 Å². The standard InChI is InChI=1S/C28H33N5O/c1-5-25-28-30-26(16-33(28)14-17(2)29-25)24-12-19-6-7-20(32-11-10-31(4)18(3)15-32)13-23(19)27(34)22-9-8-21(22)24/h6-7,12-14,16,18,21-22H,5,8-11,15H2,1-4H3/t18-,21?,22?/m0/s1. The first kappa shape index (κ1) is 21.5. The molecule has 0 radical (unpaired) electrons. The highest BCUT2D eigenvalue weighted by Gasteiger charge is 2.42. The molecule has 3 heterocycles. The van der Waals surface area contributed by atoms with E-state index in [1.807, 2.05) is 13.1 Å². The smallest absolute Gasteiger partial charge is 0.167 e. The molecule has 3 atom stereocenters. The van der Waals surface area contributed by atoms with E-state index in [0.717, 1.165) is 72.8 Å². The Morgan fingerprint density at radius 1 is 1.09 bits per heavy atom. The fourth-order valence-corrected chi connectivity index (χ4v) is 5.86. The highest BCUT2D eigenvalue weighted by molar-refractivity contribution is 6.07. The van der Waals surface area contributed by atoms with Crippen LogP contribution in [0.1, 0.15) is 59.7 Å². The summed E-state index contributed by atoms with van der Waals surface area (Å²) in [5.41, 5.74) is 8.20. The van der Waals surface area contributed by atoms with Crippen LogP contribution in [-0.4, -0.2) is 57.8 Å². The SMILES string of the molecule is CCc1nc(C)cn2cc(C3=Cc4ccc(N5CCN(C)[C@@H](C)C5)cc4C(=O)C4CCC34)nc12. The molecule has 6 rings (SSSR count). The summed E-state index contributed by atoms with van der Waals surface area (Å²) in [6.07, 6.45) is 9.26. The molecule has 6 heteroatoms. The average molecular weight is 456 g/mol. The van der Waals surface area contributed by atoms with Crippen molar-refractivity contribution in [3.8, 4) is 0 Å². The lowest BCUT2D eigenvalue weighted by Crippen LogP contribution is -2.50. The van der Waals surface area contributed by atoms with Gasteiger partial charge in [0.1, 0.15) is 0 Å². The molecule has 2 fully saturated rings. The molecule has 3 aromatic rings. The summed E-state index contributed by atoms with van der Waals surface area (Å²) in [7, 11) is 2.19. The van der Waals surface area contributed by atoms with Crippen LogP contribution in [0.3, 0.4) is 0 Å². The lowest BCUT2D eigenvalue weighted by Gasteiger charge is -2.39. The van der Waals surface area contributed by atoms with Crippen molar-refractivity contribution in [1.82, 2.24) is 19.3 Å². The first-order chi connectivity index (χ1) is 16.4. The summed E-state index contributed by atoms with van der Waals surface area (Å²) < 4.78 is 2.11. The van der Waals surface area contributed by atoms with Crippen LogP contribution in [0.25, 0.3) is 17.3 Å². The Labute approximate surface area is 201 Å². The Morgan fingerprint density at radius 3 is 2.65 bits per heavy atom. The van der Waals surface area contributed by atoms with Gasteiger partial charge >= 0.3 is 0 Å². The number of aromatic nitrogens is 3. The molecule has 2 aliphatic carbocycles. The number of hydrogen-bond acceptors (Lipinski definition) is 5. The lowest BCUT2D eigenvalue weighted by atomic mass is 9.67. The van der Waals surface area contributed by atoms with Gasteiger partial charge in [0.25, 0.3) is 0 Å². The van der Waals surface area contributed by atoms with Crippen molar-refractivity contribution in [2.45, 2.75) is 46.1 Å². The van der Waals surface area contributed by atoms with E-state index in [9.17, 15) is 4.79 Å². The topological polar surface area (TPSA) is 53.7 Å². The first-order valence-electron chi connectivity index (χ1n) is 12.6. The number of carbonyl (C=O) groups is 1. The highest BCUT2D eigenvalue weighted by Crippen LogP contribution is 2.48. The van der Waals surface area contributed by atoms with Gasteiger partial charge in [-0.25, -0.2) is 4.98 Å². The van der Waals surface area contributed by atoms with Gasteiger partial charge in [0.05, 0.1) is 17.1 Å². The molecule has 0 N–H and O–H groups in total. The van der Waals surface area contributed by atoms with Crippen LogP contribution < -0.4 is 4.90 Å². The maximum absolute atomic E-state index is 13.6. The zero-order chi connectivity index (χ0) is 23.6. The number of anilines is 1. The zero-order valence-corrected chi connectivity index (χ0v) is 20.6. The molecule has 1 aliphatic heterocycles. The van der Waals surface area contributed by atoms with Crippen LogP contribution in [0.5, 0.6) is 0 Å². The molecular weight excluding hydrogens is 422 g/mol. The number of piperazine rings is 1. The normalized spacial score (nSPS) is 24.9. The summed E-state index contributed by atoms with van der Waals surface area (Å²) >= 11 is 0. The monoisotopic (exact) mass is 455 g/mol. The third-order valence-corrected chi connectivity index (χ3v) is 8.21. The number of likely N-dealkylation sites (N-methyl/N-ethyl adjacent to an activating group) is 1. The van der Waals surface area contributed by atoms with E-state index in [4.69, 9.17) is 9.97 Å². The van der Waals surface area contributed by atoms with E-state index in [1.165, 1.54) is 11.3 Å². The van der Waals surface area contributed by atoms with Gasteiger partial charge in [0.15, 0.2) is 11.4 Å². The maximum atomic E-state index is 13.6. The minimum absolute atomic E-state index is 0.0597. The van der Waals surface area contributed by atoms with Crippen LogP contribution in [0.4, 0.5) is 5.69 Å². The second-order valence-corrected chi connectivity index (χ2v) is 10.3. The molecule has 3 aliphatic rings. The number of hydrogen-bond donors (Lipinski definition) is 0. The number of nitrogens with zero attached hydrogens (tertiary/aromatic N) is 5. The largest absolute Gasteiger partial charge is 0.369 e. The molecule has 0 bridgehead atoms. The van der Waals surface area contributed by atoms with E-state index in [0.29, 0.717) is 11.8 Å². The van der Waals surface area contributed by atoms with Crippen molar-refractivity contribution in [2.24, 2.45) is 11.8 Å². The minimum Gasteiger partial charge on any atom is -0.369 e.